The van der Waals surface area contributed by atoms with Crippen LogP contribution in [0, 0.1) is 0 Å². The molecule has 4 rings (SSSR count). The lowest BCUT2D eigenvalue weighted by Crippen LogP contribution is -2.12. The number of benzene rings is 2. The van der Waals surface area contributed by atoms with Crippen LogP contribution in [0.15, 0.2) is 60.7 Å². The van der Waals surface area contributed by atoms with Crippen molar-refractivity contribution in [3.05, 3.63) is 93.5 Å². The summed E-state index contributed by atoms with van der Waals surface area (Å²) in [6.45, 7) is 1.59. The van der Waals surface area contributed by atoms with Crippen LogP contribution in [0.5, 0.6) is 0 Å². The molecule has 0 bridgehead atoms. The Morgan fingerprint density at radius 3 is 1.52 bits per heavy atom. The molecular weight excluding hydrogens is 617 g/mol. The van der Waals surface area contributed by atoms with E-state index >= 15 is 0 Å². The maximum absolute atomic E-state index is 12.8. The maximum atomic E-state index is 12.8. The van der Waals surface area contributed by atoms with Crippen molar-refractivity contribution in [2.24, 2.45) is 0 Å². The van der Waals surface area contributed by atoms with Crippen LogP contribution in [0.3, 0.4) is 0 Å². The van der Waals surface area contributed by atoms with Gasteiger partial charge in [-0.15, -0.1) is 0 Å². The monoisotopic (exact) mass is 640 g/mol. The minimum absolute atomic E-state index is 0. The topological polar surface area (TPSA) is 99.2 Å². The molecule has 0 amide bonds. The van der Waals surface area contributed by atoms with Gasteiger partial charge in [-0.25, -0.2) is 19.0 Å². The van der Waals surface area contributed by atoms with Crippen molar-refractivity contribution in [1.82, 2.24) is 19.6 Å². The lowest BCUT2D eigenvalue weighted by molar-refractivity contribution is -0.142. The zero-order chi connectivity index (χ0) is 29.8. The van der Waals surface area contributed by atoms with Crippen molar-refractivity contribution < 1.29 is 45.8 Å². The first kappa shape index (κ1) is 36.0. The number of carboxylic acid groups (broad SMARTS) is 1. The number of rotatable bonds is 5. The summed E-state index contributed by atoms with van der Waals surface area (Å²) in [5.74, 6) is -2.43. The summed E-state index contributed by atoms with van der Waals surface area (Å²) in [4.78, 5) is 22.8. The number of halogens is 8. The summed E-state index contributed by atoms with van der Waals surface area (Å²) in [6, 6.07) is 13.1. The Bertz CT molecular complexity index is 1530. The van der Waals surface area contributed by atoms with E-state index in [1.54, 1.807) is 25.1 Å². The fourth-order valence-electron chi connectivity index (χ4n) is 3.16. The van der Waals surface area contributed by atoms with E-state index in [0.29, 0.717) is 16.8 Å². The number of aromatic carboxylic acids is 1. The highest BCUT2D eigenvalue weighted by Gasteiger charge is 2.37. The summed E-state index contributed by atoms with van der Waals surface area (Å²) in [5, 5.41) is 15.9. The number of para-hydroxylation sites is 2. The third-order valence-corrected chi connectivity index (χ3v) is 5.50. The summed E-state index contributed by atoms with van der Waals surface area (Å²) in [5.41, 5.74) is -3.19. The average molecular weight is 641 g/mol. The number of ether oxygens (including phenoxy) is 1. The number of nitrogens with zero attached hydrogens (tertiary/aromatic N) is 4. The molecule has 0 radical (unpaired) electrons. The number of carbonyl (C=O) groups is 2. The molecule has 0 spiro atoms. The molecular formula is C26H24Cl2F6N4O4. The van der Waals surface area contributed by atoms with Gasteiger partial charge in [-0.2, -0.15) is 36.5 Å². The van der Waals surface area contributed by atoms with Crippen molar-refractivity contribution in [2.45, 2.75) is 34.1 Å². The number of hydrogen-bond acceptors (Lipinski definition) is 5. The number of alkyl halides is 6. The van der Waals surface area contributed by atoms with E-state index in [-0.39, 0.29) is 48.6 Å². The second kappa shape index (κ2) is 14.2. The Hall–Kier alpha value is -4.04. The fourth-order valence-corrected chi connectivity index (χ4v) is 3.59. The lowest BCUT2D eigenvalue weighted by atomic mass is 10.3. The summed E-state index contributed by atoms with van der Waals surface area (Å²) < 4.78 is 82.3. The smallest absolute Gasteiger partial charge is 0.435 e. The van der Waals surface area contributed by atoms with Gasteiger partial charge in [-0.3, -0.25) is 0 Å². The van der Waals surface area contributed by atoms with Crippen LogP contribution < -0.4 is 0 Å². The first-order valence-electron chi connectivity index (χ1n) is 10.9. The molecule has 4 aromatic rings. The second-order valence-corrected chi connectivity index (χ2v) is 8.39. The lowest BCUT2D eigenvalue weighted by Gasteiger charge is -2.08. The molecule has 2 heterocycles. The average Bonchev–Trinajstić information content (AvgIpc) is 3.51. The first-order chi connectivity index (χ1) is 18.6. The minimum Gasteiger partial charge on any atom is -0.477 e. The molecule has 228 valence electrons. The van der Waals surface area contributed by atoms with Crippen LogP contribution in [0.25, 0.3) is 11.4 Å². The van der Waals surface area contributed by atoms with E-state index in [1.807, 2.05) is 0 Å². The van der Waals surface area contributed by atoms with Gasteiger partial charge >= 0.3 is 24.3 Å². The Kier molecular flexibility index (Phi) is 12.2. The van der Waals surface area contributed by atoms with Gasteiger partial charge in [0.05, 0.1) is 28.0 Å². The standard InChI is InChI=1S/C13H10ClF3N2O2.C11H6ClF3N2O2.2CH4/c1-2-21-12(20)10-7-11(13(15,16)17)18-19(10)9-6-4-3-5-8(9)14;12-6-3-1-2-4-7(6)17-8(10(18)19)5-9(16-17)11(13,14)15;;/h3-7H,2H2,1H3;1-5H,(H,18,19);2*1H4. The van der Waals surface area contributed by atoms with Crippen LogP contribution in [0.2, 0.25) is 10.0 Å². The van der Waals surface area contributed by atoms with Crippen molar-refractivity contribution >= 4 is 35.1 Å². The van der Waals surface area contributed by atoms with Gasteiger partial charge in [0.1, 0.15) is 0 Å². The molecule has 0 atom stereocenters. The highest BCUT2D eigenvalue weighted by atomic mass is 35.5. The molecule has 0 aliphatic heterocycles. The third-order valence-electron chi connectivity index (χ3n) is 4.86. The number of aromatic nitrogens is 4. The molecule has 0 aliphatic carbocycles. The molecule has 42 heavy (non-hydrogen) atoms. The van der Waals surface area contributed by atoms with E-state index in [1.165, 1.54) is 30.3 Å². The van der Waals surface area contributed by atoms with E-state index in [4.69, 9.17) is 33.0 Å². The molecule has 8 nitrogen and oxygen atoms in total. The molecule has 1 N–H and O–H groups in total. The van der Waals surface area contributed by atoms with Crippen LogP contribution in [0.4, 0.5) is 26.3 Å². The van der Waals surface area contributed by atoms with Crippen LogP contribution in [-0.2, 0) is 17.1 Å². The first-order valence-corrected chi connectivity index (χ1v) is 11.7. The van der Waals surface area contributed by atoms with Crippen LogP contribution in [0.1, 0.15) is 54.1 Å². The number of esters is 1. The summed E-state index contributed by atoms with van der Waals surface area (Å²) >= 11 is 11.8. The van der Waals surface area contributed by atoms with Crippen LogP contribution >= 0.6 is 23.2 Å². The molecule has 2 aromatic carbocycles. The highest BCUT2D eigenvalue weighted by molar-refractivity contribution is 6.32. The van der Waals surface area contributed by atoms with E-state index in [9.17, 15) is 35.9 Å². The third kappa shape index (κ3) is 8.26. The van der Waals surface area contributed by atoms with Gasteiger partial charge in [0.15, 0.2) is 22.8 Å². The minimum atomic E-state index is -4.73. The zero-order valence-corrected chi connectivity index (χ0v) is 21.5. The van der Waals surface area contributed by atoms with Gasteiger partial charge in [0.2, 0.25) is 0 Å². The number of carbonyl (C=O) groups excluding carboxylic acids is 1. The maximum Gasteiger partial charge on any atom is 0.435 e. The molecule has 0 fully saturated rings. The van der Waals surface area contributed by atoms with Gasteiger partial charge in [-0.1, -0.05) is 62.3 Å². The largest absolute Gasteiger partial charge is 0.477 e. The van der Waals surface area contributed by atoms with Gasteiger partial charge in [0.25, 0.3) is 0 Å². The normalized spacial score (nSPS) is 11.0. The quantitative estimate of drug-likeness (QED) is 0.174. The molecule has 0 unspecified atom stereocenters. The predicted octanol–water partition coefficient (Wildman–Crippen LogP) is 8.24. The van der Waals surface area contributed by atoms with Crippen LogP contribution in [-0.4, -0.2) is 43.2 Å². The van der Waals surface area contributed by atoms with Crippen molar-refractivity contribution in [1.29, 1.82) is 0 Å². The Morgan fingerprint density at radius 1 is 0.786 bits per heavy atom. The van der Waals surface area contributed by atoms with Gasteiger partial charge in [0, 0.05) is 12.1 Å². The Labute approximate surface area is 246 Å². The number of carboxylic acids is 1. The molecule has 0 saturated heterocycles. The van der Waals surface area contributed by atoms with Crippen molar-refractivity contribution in [2.75, 3.05) is 6.61 Å². The van der Waals surface area contributed by atoms with Crippen molar-refractivity contribution in [3.63, 3.8) is 0 Å². The number of hydrogen-bond donors (Lipinski definition) is 1. The molecule has 0 saturated carbocycles. The Morgan fingerprint density at radius 2 is 1.17 bits per heavy atom. The second-order valence-electron chi connectivity index (χ2n) is 7.58. The Balaban J connectivity index is 0.000000403. The van der Waals surface area contributed by atoms with E-state index in [2.05, 4.69) is 10.2 Å². The highest BCUT2D eigenvalue weighted by Crippen LogP contribution is 2.32. The predicted molar refractivity (Wildman–Crippen MR) is 144 cm³/mol. The van der Waals surface area contributed by atoms with Crippen molar-refractivity contribution in [3.8, 4) is 11.4 Å². The summed E-state index contributed by atoms with van der Waals surface area (Å²) in [7, 11) is 0. The molecule has 16 heteroatoms. The fraction of sp³-hybridized carbons (Fsp3) is 0.231. The zero-order valence-electron chi connectivity index (χ0n) is 20.0. The van der Waals surface area contributed by atoms with E-state index < -0.39 is 41.4 Å². The molecule has 2 aromatic heterocycles. The van der Waals surface area contributed by atoms with Gasteiger partial charge < -0.3 is 9.84 Å². The molecule has 0 aliphatic rings. The SMILES string of the molecule is C.C.CCOC(=O)c1cc(C(F)(F)F)nn1-c1ccccc1Cl.O=C(O)c1cc(C(F)(F)F)nn1-c1ccccc1Cl. The van der Waals surface area contributed by atoms with Gasteiger partial charge in [-0.05, 0) is 31.2 Å². The summed E-state index contributed by atoms with van der Waals surface area (Å²) in [6.07, 6.45) is -9.40. The van der Waals surface area contributed by atoms with E-state index in [0.717, 1.165) is 4.68 Å².